The fourth-order valence-corrected chi connectivity index (χ4v) is 3.75. The number of aromatic nitrogens is 1. The van der Waals surface area contributed by atoms with Gasteiger partial charge in [0.2, 0.25) is 5.88 Å². The Kier molecular flexibility index (Phi) is 10.2. The zero-order valence-corrected chi connectivity index (χ0v) is 20.2. The SMILES string of the molecule is CC(C=CC1=C(C)CCCC1(C)C)=CC=CC(C)=CC(=O)OCCCOc1ccccn1. The molecule has 1 aromatic rings. The highest BCUT2D eigenvalue weighted by Gasteiger charge is 2.26. The summed E-state index contributed by atoms with van der Waals surface area (Å²) in [6.07, 6.45) is 17.9. The second-order valence-electron chi connectivity index (χ2n) is 8.96. The summed E-state index contributed by atoms with van der Waals surface area (Å²) in [6.45, 7) is 11.7. The van der Waals surface area contributed by atoms with E-state index in [0.717, 1.165) is 5.57 Å². The van der Waals surface area contributed by atoms with Crippen LogP contribution in [0.5, 0.6) is 5.88 Å². The van der Waals surface area contributed by atoms with E-state index in [1.165, 1.54) is 42.1 Å². The Balaban J connectivity index is 1.75. The van der Waals surface area contributed by atoms with Gasteiger partial charge in [0.15, 0.2) is 0 Å². The Morgan fingerprint density at radius 1 is 1.16 bits per heavy atom. The van der Waals surface area contributed by atoms with Gasteiger partial charge in [-0.05, 0) is 62.7 Å². The van der Waals surface area contributed by atoms with Gasteiger partial charge in [-0.3, -0.25) is 0 Å². The number of carbonyl (C=O) groups is 1. The van der Waals surface area contributed by atoms with Crippen molar-refractivity contribution in [3.8, 4) is 5.88 Å². The molecule has 4 nitrogen and oxygen atoms in total. The van der Waals surface area contributed by atoms with Crippen LogP contribution in [-0.2, 0) is 9.53 Å². The zero-order valence-electron chi connectivity index (χ0n) is 20.2. The van der Waals surface area contributed by atoms with Crippen molar-refractivity contribution in [3.05, 3.63) is 83.1 Å². The summed E-state index contributed by atoms with van der Waals surface area (Å²) in [5.41, 5.74) is 5.23. The van der Waals surface area contributed by atoms with Crippen LogP contribution in [0, 0.1) is 5.41 Å². The molecule has 0 aromatic carbocycles. The quantitative estimate of drug-likeness (QED) is 0.173. The predicted molar refractivity (Wildman–Crippen MR) is 131 cm³/mol. The van der Waals surface area contributed by atoms with Crippen LogP contribution < -0.4 is 4.74 Å². The molecule has 1 heterocycles. The molecule has 1 aliphatic rings. The van der Waals surface area contributed by atoms with Crippen molar-refractivity contribution in [2.75, 3.05) is 13.2 Å². The standard InChI is InChI=1S/C28H37NO3/c1-22(15-16-25-24(3)13-9-17-28(25,4)5)11-8-12-23(2)21-27(30)32-20-10-19-31-26-14-6-7-18-29-26/h6-8,11-12,14-16,18,21H,9-10,13,17,19-20H2,1-5H3. The van der Waals surface area contributed by atoms with Crippen LogP contribution in [0.25, 0.3) is 0 Å². The highest BCUT2D eigenvalue weighted by molar-refractivity contribution is 5.83. The number of ether oxygens (including phenoxy) is 2. The van der Waals surface area contributed by atoms with Crippen LogP contribution in [0.3, 0.4) is 0 Å². The number of hydrogen-bond acceptors (Lipinski definition) is 4. The third-order valence-electron chi connectivity index (χ3n) is 5.54. The minimum absolute atomic E-state index is 0.249. The lowest BCUT2D eigenvalue weighted by atomic mass is 9.72. The Bertz CT molecular complexity index is 902. The van der Waals surface area contributed by atoms with Crippen LogP contribution in [0.4, 0.5) is 0 Å². The molecular formula is C28H37NO3. The van der Waals surface area contributed by atoms with Gasteiger partial charge < -0.3 is 9.47 Å². The molecule has 0 radical (unpaired) electrons. The lowest BCUT2D eigenvalue weighted by molar-refractivity contribution is -0.138. The van der Waals surface area contributed by atoms with Crippen LogP contribution in [-0.4, -0.2) is 24.2 Å². The van der Waals surface area contributed by atoms with E-state index >= 15 is 0 Å². The van der Waals surface area contributed by atoms with E-state index in [2.05, 4.69) is 50.9 Å². The van der Waals surface area contributed by atoms with Crippen molar-refractivity contribution in [1.29, 1.82) is 0 Å². The second-order valence-corrected chi connectivity index (χ2v) is 8.96. The number of pyridine rings is 1. The van der Waals surface area contributed by atoms with Gasteiger partial charge in [-0.1, -0.05) is 61.4 Å². The summed E-state index contributed by atoms with van der Waals surface area (Å²) in [4.78, 5) is 16.0. The molecule has 2 rings (SSSR count). The predicted octanol–water partition coefficient (Wildman–Crippen LogP) is 6.93. The zero-order chi connectivity index (χ0) is 23.4. The molecule has 0 atom stereocenters. The van der Waals surface area contributed by atoms with Gasteiger partial charge in [0.05, 0.1) is 13.2 Å². The molecule has 172 valence electrons. The van der Waals surface area contributed by atoms with Crippen molar-refractivity contribution in [2.24, 2.45) is 5.41 Å². The minimum atomic E-state index is -0.340. The Morgan fingerprint density at radius 2 is 1.97 bits per heavy atom. The van der Waals surface area contributed by atoms with Crippen LogP contribution in [0.2, 0.25) is 0 Å². The third kappa shape index (κ3) is 9.09. The van der Waals surface area contributed by atoms with E-state index in [9.17, 15) is 4.79 Å². The monoisotopic (exact) mass is 435 g/mol. The number of carbonyl (C=O) groups excluding carboxylic acids is 1. The van der Waals surface area contributed by atoms with E-state index in [1.807, 2.05) is 31.2 Å². The number of esters is 1. The topological polar surface area (TPSA) is 48.4 Å². The van der Waals surface area contributed by atoms with Gasteiger partial charge in [0.25, 0.3) is 0 Å². The molecule has 0 fully saturated rings. The van der Waals surface area contributed by atoms with Gasteiger partial charge in [-0.25, -0.2) is 9.78 Å². The first-order valence-corrected chi connectivity index (χ1v) is 11.4. The minimum Gasteiger partial charge on any atom is -0.478 e. The van der Waals surface area contributed by atoms with Crippen molar-refractivity contribution >= 4 is 5.97 Å². The Labute approximate surface area is 193 Å². The fraction of sp³-hybridized carbons (Fsp3) is 0.429. The van der Waals surface area contributed by atoms with Crippen molar-refractivity contribution in [3.63, 3.8) is 0 Å². The van der Waals surface area contributed by atoms with Gasteiger partial charge in [0, 0.05) is 24.8 Å². The highest BCUT2D eigenvalue weighted by atomic mass is 16.5. The van der Waals surface area contributed by atoms with Gasteiger partial charge in [-0.2, -0.15) is 0 Å². The maximum Gasteiger partial charge on any atom is 0.331 e. The molecule has 4 heteroatoms. The van der Waals surface area contributed by atoms with Gasteiger partial charge >= 0.3 is 5.97 Å². The fourth-order valence-electron chi connectivity index (χ4n) is 3.75. The van der Waals surface area contributed by atoms with E-state index in [0.29, 0.717) is 25.5 Å². The first-order chi connectivity index (χ1) is 15.3. The third-order valence-corrected chi connectivity index (χ3v) is 5.54. The average Bonchev–Trinajstić information content (AvgIpc) is 2.73. The van der Waals surface area contributed by atoms with Crippen LogP contribution in [0.15, 0.2) is 83.1 Å². The first-order valence-electron chi connectivity index (χ1n) is 11.4. The molecule has 0 amide bonds. The summed E-state index contributed by atoms with van der Waals surface area (Å²) in [5.74, 6) is 0.236. The molecule has 32 heavy (non-hydrogen) atoms. The summed E-state index contributed by atoms with van der Waals surface area (Å²) in [6, 6.07) is 5.50. The maximum absolute atomic E-state index is 11.9. The molecule has 1 aromatic heterocycles. The first kappa shape index (κ1) is 25.4. The van der Waals surface area contributed by atoms with Crippen molar-refractivity contribution in [1.82, 2.24) is 4.98 Å². The van der Waals surface area contributed by atoms with Crippen molar-refractivity contribution < 1.29 is 14.3 Å². The van der Waals surface area contributed by atoms with Crippen LogP contribution in [0.1, 0.15) is 60.3 Å². The summed E-state index contributed by atoms with van der Waals surface area (Å²) in [5, 5.41) is 0. The lowest BCUT2D eigenvalue weighted by Crippen LogP contribution is -2.19. The summed E-state index contributed by atoms with van der Waals surface area (Å²) in [7, 11) is 0. The highest BCUT2D eigenvalue weighted by Crippen LogP contribution is 2.40. The van der Waals surface area contributed by atoms with E-state index < -0.39 is 0 Å². The molecule has 0 saturated heterocycles. The average molecular weight is 436 g/mol. The summed E-state index contributed by atoms with van der Waals surface area (Å²) < 4.78 is 10.7. The molecule has 0 unspecified atom stereocenters. The number of nitrogens with zero attached hydrogens (tertiary/aromatic N) is 1. The van der Waals surface area contributed by atoms with Crippen molar-refractivity contribution in [2.45, 2.75) is 60.3 Å². The van der Waals surface area contributed by atoms with E-state index in [-0.39, 0.29) is 11.4 Å². The smallest absolute Gasteiger partial charge is 0.331 e. The largest absolute Gasteiger partial charge is 0.478 e. The Morgan fingerprint density at radius 3 is 2.69 bits per heavy atom. The van der Waals surface area contributed by atoms with E-state index in [1.54, 1.807) is 12.3 Å². The van der Waals surface area contributed by atoms with Gasteiger partial charge in [-0.15, -0.1) is 0 Å². The van der Waals surface area contributed by atoms with Gasteiger partial charge in [0.1, 0.15) is 0 Å². The normalized spacial score (nSPS) is 17.3. The maximum atomic E-state index is 11.9. The molecule has 0 aliphatic heterocycles. The summed E-state index contributed by atoms with van der Waals surface area (Å²) >= 11 is 0. The number of hydrogen-bond donors (Lipinski definition) is 0. The number of allylic oxidation sites excluding steroid dienone is 9. The molecular weight excluding hydrogens is 398 g/mol. The molecule has 0 saturated carbocycles. The second kappa shape index (κ2) is 12.8. The van der Waals surface area contributed by atoms with Crippen LogP contribution >= 0.6 is 0 Å². The molecule has 0 spiro atoms. The molecule has 0 N–H and O–H groups in total. The lowest BCUT2D eigenvalue weighted by Gasteiger charge is -2.32. The van der Waals surface area contributed by atoms with E-state index in [4.69, 9.17) is 9.47 Å². The molecule has 1 aliphatic carbocycles. The molecule has 0 bridgehead atoms. The Hall–Kier alpha value is -2.88. The number of rotatable bonds is 10.